The Morgan fingerprint density at radius 2 is 1.71 bits per heavy atom. The van der Waals surface area contributed by atoms with E-state index in [0.717, 1.165) is 28.4 Å². The van der Waals surface area contributed by atoms with Crippen LogP contribution in [-0.2, 0) is 12.3 Å². The van der Waals surface area contributed by atoms with Crippen molar-refractivity contribution in [2.24, 2.45) is 0 Å². The van der Waals surface area contributed by atoms with Gasteiger partial charge in [-0.15, -0.1) is 11.8 Å². The van der Waals surface area contributed by atoms with Crippen LogP contribution in [0.15, 0.2) is 47.4 Å². The minimum atomic E-state index is 0.717. The first-order valence-electron chi connectivity index (χ1n) is 7.10. The van der Waals surface area contributed by atoms with Crippen LogP contribution in [0.3, 0.4) is 0 Å². The highest BCUT2D eigenvalue weighted by Gasteiger charge is 2.20. The van der Waals surface area contributed by atoms with Crippen molar-refractivity contribution in [3.8, 4) is 0 Å². The first-order chi connectivity index (χ1) is 10.2. The van der Waals surface area contributed by atoms with Gasteiger partial charge in [0.15, 0.2) is 0 Å². The van der Waals surface area contributed by atoms with Crippen LogP contribution in [-0.4, -0.2) is 6.04 Å². The number of halogens is 2. The lowest BCUT2D eigenvalue weighted by molar-refractivity contribution is 0.680. The van der Waals surface area contributed by atoms with Crippen LogP contribution in [0.5, 0.6) is 0 Å². The smallest absolute Gasteiger partial charge is 0.0417 e. The molecular weight excluding hydrogens is 321 g/mol. The van der Waals surface area contributed by atoms with E-state index in [1.165, 1.54) is 28.9 Å². The molecule has 0 aromatic heterocycles. The third-order valence-electron chi connectivity index (χ3n) is 3.50. The van der Waals surface area contributed by atoms with Gasteiger partial charge >= 0.3 is 0 Å². The molecular formula is C17H17Cl2NS. The Morgan fingerprint density at radius 1 is 1.00 bits per heavy atom. The van der Waals surface area contributed by atoms with E-state index >= 15 is 0 Å². The minimum Gasteiger partial charge on any atom is -0.310 e. The summed E-state index contributed by atoms with van der Waals surface area (Å²) >= 11 is 13.9. The molecule has 0 heterocycles. The van der Waals surface area contributed by atoms with Crippen LogP contribution < -0.4 is 5.32 Å². The molecule has 1 nitrogen and oxygen atoms in total. The van der Waals surface area contributed by atoms with Gasteiger partial charge in [0.1, 0.15) is 0 Å². The van der Waals surface area contributed by atoms with Crippen LogP contribution in [0, 0.1) is 0 Å². The summed E-state index contributed by atoms with van der Waals surface area (Å²) in [6, 6.07) is 14.9. The van der Waals surface area contributed by atoms with Crippen molar-refractivity contribution in [1.29, 1.82) is 0 Å². The van der Waals surface area contributed by atoms with E-state index in [-0.39, 0.29) is 0 Å². The number of thioether (sulfide) groups is 1. The van der Waals surface area contributed by atoms with E-state index in [9.17, 15) is 0 Å². The zero-order valence-corrected chi connectivity index (χ0v) is 13.9. The van der Waals surface area contributed by atoms with Crippen molar-refractivity contribution < 1.29 is 0 Å². The molecule has 1 aliphatic carbocycles. The highest BCUT2D eigenvalue weighted by molar-refractivity contribution is 7.98. The topological polar surface area (TPSA) is 12.0 Å². The lowest BCUT2D eigenvalue weighted by Crippen LogP contribution is -2.15. The zero-order chi connectivity index (χ0) is 14.7. The van der Waals surface area contributed by atoms with Crippen LogP contribution in [0.4, 0.5) is 0 Å². The maximum Gasteiger partial charge on any atom is 0.0417 e. The molecule has 0 atom stereocenters. The second-order valence-corrected chi connectivity index (χ2v) is 7.21. The molecule has 1 fully saturated rings. The summed E-state index contributed by atoms with van der Waals surface area (Å²) in [6.45, 7) is 0.921. The normalized spacial score (nSPS) is 14.4. The molecule has 0 amide bonds. The maximum atomic E-state index is 6.14. The van der Waals surface area contributed by atoms with E-state index in [1.54, 1.807) is 0 Å². The van der Waals surface area contributed by atoms with E-state index in [1.807, 2.05) is 30.0 Å². The zero-order valence-electron chi connectivity index (χ0n) is 11.6. The largest absolute Gasteiger partial charge is 0.310 e. The predicted molar refractivity (Wildman–Crippen MR) is 92.3 cm³/mol. The fraction of sp³-hybridized carbons (Fsp3) is 0.294. The van der Waals surface area contributed by atoms with Gasteiger partial charge in [-0.3, -0.25) is 0 Å². The third kappa shape index (κ3) is 4.65. The molecule has 1 saturated carbocycles. The van der Waals surface area contributed by atoms with Crippen molar-refractivity contribution in [2.75, 3.05) is 0 Å². The van der Waals surface area contributed by atoms with Crippen molar-refractivity contribution >= 4 is 35.0 Å². The number of benzene rings is 2. The van der Waals surface area contributed by atoms with Crippen LogP contribution in [0.25, 0.3) is 0 Å². The number of nitrogens with one attached hydrogen (secondary N) is 1. The molecule has 1 aliphatic rings. The van der Waals surface area contributed by atoms with Gasteiger partial charge in [0.25, 0.3) is 0 Å². The average Bonchev–Trinajstić information content (AvgIpc) is 3.30. The van der Waals surface area contributed by atoms with E-state index < -0.39 is 0 Å². The number of hydrogen-bond acceptors (Lipinski definition) is 2. The minimum absolute atomic E-state index is 0.717. The van der Waals surface area contributed by atoms with Gasteiger partial charge in [0.2, 0.25) is 0 Å². The highest BCUT2D eigenvalue weighted by atomic mass is 35.5. The predicted octanol–water partition coefficient (Wildman–Crippen LogP) is 5.54. The van der Waals surface area contributed by atoms with Crippen LogP contribution in [0.1, 0.15) is 24.0 Å². The maximum absolute atomic E-state index is 6.14. The molecule has 0 aliphatic heterocycles. The summed E-state index contributed by atoms with van der Waals surface area (Å²) in [4.78, 5) is 1.26. The fourth-order valence-electron chi connectivity index (χ4n) is 2.09. The summed E-state index contributed by atoms with van der Waals surface area (Å²) in [6.07, 6.45) is 2.61. The number of rotatable bonds is 6. The van der Waals surface area contributed by atoms with Gasteiger partial charge in [-0.2, -0.15) is 0 Å². The summed E-state index contributed by atoms with van der Waals surface area (Å²) in [5, 5.41) is 5.14. The molecule has 2 aromatic carbocycles. The van der Waals surface area contributed by atoms with Gasteiger partial charge in [-0.05, 0) is 48.2 Å². The Bertz CT molecular complexity index is 609. The molecule has 3 rings (SSSR count). The second-order valence-electron chi connectivity index (χ2n) is 5.32. The van der Waals surface area contributed by atoms with Crippen molar-refractivity contribution in [1.82, 2.24) is 5.32 Å². The highest BCUT2D eigenvalue weighted by Crippen LogP contribution is 2.30. The Morgan fingerprint density at radius 3 is 2.43 bits per heavy atom. The number of hydrogen-bond donors (Lipinski definition) is 1. The first kappa shape index (κ1) is 15.2. The van der Waals surface area contributed by atoms with Crippen LogP contribution in [0.2, 0.25) is 10.0 Å². The second kappa shape index (κ2) is 7.06. The van der Waals surface area contributed by atoms with Crippen molar-refractivity contribution in [3.05, 3.63) is 63.6 Å². The van der Waals surface area contributed by atoms with Gasteiger partial charge in [-0.1, -0.05) is 41.4 Å². The van der Waals surface area contributed by atoms with Gasteiger partial charge in [-0.25, -0.2) is 0 Å². The van der Waals surface area contributed by atoms with E-state index in [0.29, 0.717) is 0 Å². The standard InChI is InChI=1S/C17H17Cl2NS/c18-14-4-1-12(2-5-14)11-21-17-9-15(19)6-3-13(17)10-20-16-7-8-16/h1-6,9,16,20H,7-8,10-11H2. The lowest BCUT2D eigenvalue weighted by Gasteiger charge is -2.11. The molecule has 0 spiro atoms. The monoisotopic (exact) mass is 337 g/mol. The molecule has 2 aromatic rings. The Labute approximate surface area is 140 Å². The molecule has 0 unspecified atom stereocenters. The Balaban J connectivity index is 1.67. The summed E-state index contributed by atoms with van der Waals surface area (Å²) < 4.78 is 0. The van der Waals surface area contributed by atoms with Gasteiger partial charge < -0.3 is 5.32 Å². The summed E-state index contributed by atoms with van der Waals surface area (Å²) in [5.41, 5.74) is 2.59. The molecule has 0 saturated heterocycles. The average molecular weight is 338 g/mol. The molecule has 110 valence electrons. The van der Waals surface area contributed by atoms with Gasteiger partial charge in [0, 0.05) is 33.3 Å². The molecule has 0 bridgehead atoms. The molecule has 1 N–H and O–H groups in total. The lowest BCUT2D eigenvalue weighted by atomic mass is 10.2. The van der Waals surface area contributed by atoms with Crippen molar-refractivity contribution in [2.45, 2.75) is 36.1 Å². The summed E-state index contributed by atoms with van der Waals surface area (Å²) in [5.74, 6) is 0.925. The fourth-order valence-corrected chi connectivity index (χ4v) is 3.51. The van der Waals surface area contributed by atoms with E-state index in [4.69, 9.17) is 23.2 Å². The van der Waals surface area contributed by atoms with E-state index in [2.05, 4.69) is 29.6 Å². The Hall–Kier alpha value is -0.670. The third-order valence-corrected chi connectivity index (χ3v) is 5.15. The SMILES string of the molecule is Clc1ccc(CSc2cc(Cl)ccc2CNC2CC2)cc1. The van der Waals surface area contributed by atoms with Crippen LogP contribution >= 0.6 is 35.0 Å². The van der Waals surface area contributed by atoms with Crippen molar-refractivity contribution in [3.63, 3.8) is 0 Å². The quantitative estimate of drug-likeness (QED) is 0.694. The molecule has 21 heavy (non-hydrogen) atoms. The first-order valence-corrected chi connectivity index (χ1v) is 8.84. The van der Waals surface area contributed by atoms with Gasteiger partial charge in [0.05, 0.1) is 0 Å². The molecule has 4 heteroatoms. The summed E-state index contributed by atoms with van der Waals surface area (Å²) in [7, 11) is 0. The molecule has 0 radical (unpaired) electrons. The Kier molecular flexibility index (Phi) is 5.12.